The van der Waals surface area contributed by atoms with Gasteiger partial charge in [0.05, 0.1) is 5.92 Å². The van der Waals surface area contributed by atoms with E-state index in [1.165, 1.54) is 6.42 Å². The fourth-order valence-electron chi connectivity index (χ4n) is 2.41. The summed E-state index contributed by atoms with van der Waals surface area (Å²) in [6, 6.07) is 0. The van der Waals surface area contributed by atoms with Gasteiger partial charge in [0, 0.05) is 13.1 Å². The highest BCUT2D eigenvalue weighted by Crippen LogP contribution is 2.36. The average Bonchev–Trinajstić information content (AvgIpc) is 2.94. The first-order valence-corrected chi connectivity index (χ1v) is 6.02. The van der Waals surface area contributed by atoms with Crippen molar-refractivity contribution in [3.05, 3.63) is 0 Å². The van der Waals surface area contributed by atoms with Gasteiger partial charge in [0.15, 0.2) is 0 Å². The molecule has 0 aromatic rings. The van der Waals surface area contributed by atoms with Crippen molar-refractivity contribution in [2.24, 2.45) is 17.8 Å². The Labute approximate surface area is 90.8 Å². The first-order valence-electron chi connectivity index (χ1n) is 6.02. The summed E-state index contributed by atoms with van der Waals surface area (Å²) in [6.45, 7) is 6.09. The van der Waals surface area contributed by atoms with Crippen LogP contribution in [0, 0.1) is 17.8 Å². The molecule has 0 aromatic heterocycles. The van der Waals surface area contributed by atoms with E-state index in [4.69, 9.17) is 0 Å². The zero-order valence-corrected chi connectivity index (χ0v) is 9.58. The quantitative estimate of drug-likeness (QED) is 0.689. The minimum atomic E-state index is -0.850. The molecule has 2 unspecified atom stereocenters. The van der Waals surface area contributed by atoms with Crippen LogP contribution >= 0.6 is 0 Å². The summed E-state index contributed by atoms with van der Waals surface area (Å²) >= 11 is 0. The number of alkyl halides is 1. The van der Waals surface area contributed by atoms with E-state index in [9.17, 15) is 9.18 Å². The molecule has 0 spiro atoms. The molecule has 1 amide bonds. The molecule has 0 N–H and O–H groups in total. The number of hydrogen-bond donors (Lipinski definition) is 0. The van der Waals surface area contributed by atoms with Gasteiger partial charge in [-0.3, -0.25) is 4.79 Å². The van der Waals surface area contributed by atoms with Crippen molar-refractivity contribution >= 4 is 5.91 Å². The number of nitrogens with zero attached hydrogens (tertiary/aromatic N) is 1. The first-order chi connectivity index (χ1) is 7.09. The monoisotopic (exact) mass is 213 g/mol. The van der Waals surface area contributed by atoms with Crippen LogP contribution in [0.25, 0.3) is 0 Å². The Morgan fingerprint density at radius 2 is 2.13 bits per heavy atom. The number of hydrogen-bond acceptors (Lipinski definition) is 1. The summed E-state index contributed by atoms with van der Waals surface area (Å²) in [4.78, 5) is 13.7. The van der Waals surface area contributed by atoms with Crippen LogP contribution in [0.2, 0.25) is 0 Å². The molecule has 0 aromatic carbocycles. The highest BCUT2D eigenvalue weighted by molar-refractivity contribution is 5.82. The van der Waals surface area contributed by atoms with Crippen molar-refractivity contribution in [3.63, 3.8) is 0 Å². The summed E-state index contributed by atoms with van der Waals surface area (Å²) in [5.41, 5.74) is 0. The highest BCUT2D eigenvalue weighted by Gasteiger charge is 2.46. The van der Waals surface area contributed by atoms with E-state index in [-0.39, 0.29) is 11.8 Å². The molecule has 2 nitrogen and oxygen atoms in total. The van der Waals surface area contributed by atoms with Crippen molar-refractivity contribution in [2.45, 2.75) is 39.3 Å². The minimum absolute atomic E-state index is 0.0628. The number of carbonyl (C=O) groups excluding carboxylic acids is 1. The van der Waals surface area contributed by atoms with Gasteiger partial charge in [-0.05, 0) is 31.1 Å². The van der Waals surface area contributed by atoms with Crippen LogP contribution in [-0.2, 0) is 4.79 Å². The maximum Gasteiger partial charge on any atom is 0.228 e. The molecule has 1 saturated heterocycles. The summed E-state index contributed by atoms with van der Waals surface area (Å²) in [7, 11) is 0. The second kappa shape index (κ2) is 4.11. The highest BCUT2D eigenvalue weighted by atomic mass is 19.1. The predicted molar refractivity (Wildman–Crippen MR) is 57.1 cm³/mol. The smallest absolute Gasteiger partial charge is 0.228 e. The molecule has 1 aliphatic heterocycles. The maximum absolute atomic E-state index is 12.8. The largest absolute Gasteiger partial charge is 0.342 e. The SMILES string of the molecule is CC(C)[C@@H]1CCCN(C(=O)C2CC2F)C1. The van der Waals surface area contributed by atoms with Crippen molar-refractivity contribution in [3.8, 4) is 0 Å². The van der Waals surface area contributed by atoms with E-state index >= 15 is 0 Å². The van der Waals surface area contributed by atoms with E-state index in [0.29, 0.717) is 18.3 Å². The number of likely N-dealkylation sites (tertiary alicyclic amines) is 1. The average molecular weight is 213 g/mol. The Kier molecular flexibility index (Phi) is 2.98. The van der Waals surface area contributed by atoms with E-state index < -0.39 is 6.17 Å². The van der Waals surface area contributed by atoms with Crippen LogP contribution in [-0.4, -0.2) is 30.1 Å². The van der Waals surface area contributed by atoms with Crippen molar-refractivity contribution in [1.82, 2.24) is 4.90 Å². The van der Waals surface area contributed by atoms with Gasteiger partial charge < -0.3 is 4.90 Å². The number of carbonyl (C=O) groups is 1. The topological polar surface area (TPSA) is 20.3 Å². The summed E-state index contributed by atoms with van der Waals surface area (Å²) in [5, 5.41) is 0. The predicted octanol–water partition coefficient (Wildman–Crippen LogP) is 2.24. The summed E-state index contributed by atoms with van der Waals surface area (Å²) in [5.74, 6) is 1.00. The van der Waals surface area contributed by atoms with Gasteiger partial charge in [-0.1, -0.05) is 13.8 Å². The number of halogens is 1. The Hall–Kier alpha value is -0.600. The van der Waals surface area contributed by atoms with Crippen LogP contribution in [0.15, 0.2) is 0 Å². The van der Waals surface area contributed by atoms with Gasteiger partial charge in [0.1, 0.15) is 6.17 Å². The standard InChI is InChI=1S/C12H20FNO/c1-8(2)9-4-3-5-14(7-9)12(15)10-6-11(10)13/h8-11H,3-7H2,1-2H3/t9-,10?,11?/m1/s1. The van der Waals surface area contributed by atoms with Gasteiger partial charge >= 0.3 is 0 Å². The lowest BCUT2D eigenvalue weighted by Gasteiger charge is -2.34. The molecule has 3 atom stereocenters. The van der Waals surface area contributed by atoms with Gasteiger partial charge in [-0.15, -0.1) is 0 Å². The van der Waals surface area contributed by atoms with E-state index in [2.05, 4.69) is 13.8 Å². The van der Waals surface area contributed by atoms with Gasteiger partial charge in [-0.2, -0.15) is 0 Å². The lowest BCUT2D eigenvalue weighted by molar-refractivity contribution is -0.135. The molecular formula is C12H20FNO. The van der Waals surface area contributed by atoms with Gasteiger partial charge in [0.2, 0.25) is 5.91 Å². The lowest BCUT2D eigenvalue weighted by Crippen LogP contribution is -2.42. The molecule has 2 aliphatic rings. The molecule has 2 fully saturated rings. The van der Waals surface area contributed by atoms with E-state index in [1.54, 1.807) is 0 Å². The lowest BCUT2D eigenvalue weighted by atomic mass is 9.88. The maximum atomic E-state index is 12.8. The van der Waals surface area contributed by atoms with E-state index in [1.807, 2.05) is 4.90 Å². The second-order valence-corrected chi connectivity index (χ2v) is 5.29. The third kappa shape index (κ3) is 2.32. The van der Waals surface area contributed by atoms with Crippen LogP contribution in [0.4, 0.5) is 4.39 Å². The molecule has 3 heteroatoms. The number of rotatable bonds is 2. The molecule has 0 bridgehead atoms. The molecular weight excluding hydrogens is 193 g/mol. The van der Waals surface area contributed by atoms with Crippen LogP contribution < -0.4 is 0 Å². The van der Waals surface area contributed by atoms with Gasteiger partial charge in [0.25, 0.3) is 0 Å². The molecule has 15 heavy (non-hydrogen) atoms. The van der Waals surface area contributed by atoms with Crippen LogP contribution in [0.1, 0.15) is 33.1 Å². The molecule has 1 heterocycles. The fourth-order valence-corrected chi connectivity index (χ4v) is 2.41. The Balaban J connectivity index is 1.89. The van der Waals surface area contributed by atoms with Crippen LogP contribution in [0.3, 0.4) is 0 Å². The summed E-state index contributed by atoms with van der Waals surface area (Å²) in [6.07, 6.45) is 1.90. The van der Waals surface area contributed by atoms with E-state index in [0.717, 1.165) is 19.5 Å². The first kappa shape index (κ1) is 10.9. The third-order valence-corrected chi connectivity index (χ3v) is 3.74. The Morgan fingerprint density at radius 3 is 2.67 bits per heavy atom. The van der Waals surface area contributed by atoms with Crippen molar-refractivity contribution in [1.29, 1.82) is 0 Å². The Morgan fingerprint density at radius 1 is 1.47 bits per heavy atom. The third-order valence-electron chi connectivity index (χ3n) is 3.74. The van der Waals surface area contributed by atoms with Gasteiger partial charge in [-0.25, -0.2) is 4.39 Å². The molecule has 1 aliphatic carbocycles. The number of piperidine rings is 1. The molecule has 86 valence electrons. The molecule has 0 radical (unpaired) electrons. The Bertz CT molecular complexity index is 254. The zero-order chi connectivity index (χ0) is 11.0. The summed E-state index contributed by atoms with van der Waals surface area (Å²) < 4.78 is 12.8. The fraction of sp³-hybridized carbons (Fsp3) is 0.917. The van der Waals surface area contributed by atoms with Crippen molar-refractivity contribution < 1.29 is 9.18 Å². The zero-order valence-electron chi connectivity index (χ0n) is 9.58. The normalized spacial score (nSPS) is 35.7. The van der Waals surface area contributed by atoms with Crippen LogP contribution in [0.5, 0.6) is 0 Å². The minimum Gasteiger partial charge on any atom is -0.342 e. The second-order valence-electron chi connectivity index (χ2n) is 5.29. The molecule has 1 saturated carbocycles. The number of amides is 1. The molecule has 2 rings (SSSR count). The van der Waals surface area contributed by atoms with Crippen molar-refractivity contribution in [2.75, 3.05) is 13.1 Å².